The number of hydrogen-bond donors (Lipinski definition) is 0. The van der Waals surface area contributed by atoms with E-state index in [2.05, 4.69) is 0 Å². The molecule has 1 aliphatic rings. The standard InChI is InChI=1S/C13H12N2O8S/c1-24(22,23)6-5-9(13(18)19)14-11(16)7-3-2-4-8(15(20)21)10(7)12(14)17/h2-4,9H,5-6H2,1H3,(H,18,19)/p-1/t9-/m0/s1. The molecule has 0 saturated heterocycles. The van der Waals surface area contributed by atoms with Crippen molar-refractivity contribution in [2.75, 3.05) is 12.0 Å². The number of sulfone groups is 1. The molecule has 1 aliphatic heterocycles. The lowest BCUT2D eigenvalue weighted by molar-refractivity contribution is -0.385. The predicted octanol–water partition coefficient (Wildman–Crippen LogP) is -1.26. The minimum Gasteiger partial charge on any atom is -0.548 e. The van der Waals surface area contributed by atoms with Crippen LogP contribution in [0.25, 0.3) is 0 Å². The number of nitro benzene ring substituents is 1. The number of imide groups is 1. The second kappa shape index (κ2) is 6.00. The van der Waals surface area contributed by atoms with Gasteiger partial charge in [0.2, 0.25) is 0 Å². The Labute approximate surface area is 135 Å². The Hall–Kier alpha value is -2.82. The van der Waals surface area contributed by atoms with Crippen molar-refractivity contribution in [2.24, 2.45) is 0 Å². The molecule has 1 heterocycles. The summed E-state index contributed by atoms with van der Waals surface area (Å²) in [6.45, 7) is 0. The molecule has 1 aromatic rings. The van der Waals surface area contributed by atoms with Crippen molar-refractivity contribution < 1.29 is 32.8 Å². The summed E-state index contributed by atoms with van der Waals surface area (Å²) in [5.74, 6) is -4.62. The van der Waals surface area contributed by atoms with Crippen LogP contribution in [0.1, 0.15) is 27.1 Å². The molecule has 128 valence electrons. The Kier molecular flexibility index (Phi) is 4.38. The first-order valence-corrected chi connectivity index (χ1v) is 8.64. The van der Waals surface area contributed by atoms with Crippen LogP contribution in [0.2, 0.25) is 0 Å². The van der Waals surface area contributed by atoms with E-state index in [0.717, 1.165) is 18.4 Å². The van der Waals surface area contributed by atoms with Crippen LogP contribution >= 0.6 is 0 Å². The third-order valence-electron chi connectivity index (χ3n) is 3.47. The second-order valence-corrected chi connectivity index (χ2v) is 7.45. The number of carboxylic acid groups (broad SMARTS) is 1. The Morgan fingerprint density at radius 3 is 2.42 bits per heavy atom. The van der Waals surface area contributed by atoms with Crippen LogP contribution in [0, 0.1) is 10.1 Å². The number of amides is 2. The molecule has 24 heavy (non-hydrogen) atoms. The van der Waals surface area contributed by atoms with Crippen LogP contribution < -0.4 is 5.11 Å². The monoisotopic (exact) mass is 355 g/mol. The molecule has 1 atom stereocenters. The molecular formula is C13H11N2O8S-. The lowest BCUT2D eigenvalue weighted by Crippen LogP contribution is -2.51. The largest absolute Gasteiger partial charge is 0.548 e. The molecule has 0 radical (unpaired) electrons. The van der Waals surface area contributed by atoms with Crippen molar-refractivity contribution in [3.05, 3.63) is 39.4 Å². The van der Waals surface area contributed by atoms with Gasteiger partial charge in [0.25, 0.3) is 17.5 Å². The molecule has 2 rings (SSSR count). The minimum absolute atomic E-state index is 0.304. The Morgan fingerprint density at radius 1 is 1.29 bits per heavy atom. The van der Waals surface area contributed by atoms with E-state index >= 15 is 0 Å². The molecule has 0 aromatic heterocycles. The van der Waals surface area contributed by atoms with Crippen molar-refractivity contribution >= 4 is 33.3 Å². The molecule has 0 unspecified atom stereocenters. The zero-order valence-corrected chi connectivity index (χ0v) is 13.1. The molecule has 0 aliphatic carbocycles. The molecule has 0 fully saturated rings. The van der Waals surface area contributed by atoms with E-state index in [1.165, 1.54) is 6.07 Å². The highest BCUT2D eigenvalue weighted by molar-refractivity contribution is 7.90. The molecular weight excluding hydrogens is 344 g/mol. The zero-order valence-electron chi connectivity index (χ0n) is 12.3. The van der Waals surface area contributed by atoms with Crippen LogP contribution in [0.3, 0.4) is 0 Å². The van der Waals surface area contributed by atoms with Crippen molar-refractivity contribution in [3.8, 4) is 0 Å². The summed E-state index contributed by atoms with van der Waals surface area (Å²) in [5, 5.41) is 22.3. The van der Waals surface area contributed by atoms with Crippen LogP contribution in [-0.2, 0) is 14.6 Å². The first-order valence-electron chi connectivity index (χ1n) is 6.58. The quantitative estimate of drug-likeness (QED) is 0.348. The van der Waals surface area contributed by atoms with Crippen molar-refractivity contribution in [1.82, 2.24) is 4.90 Å². The molecule has 0 saturated carbocycles. The van der Waals surface area contributed by atoms with Crippen LogP contribution in [-0.4, -0.2) is 54.1 Å². The maximum absolute atomic E-state index is 12.4. The molecule has 0 spiro atoms. The number of hydrogen-bond acceptors (Lipinski definition) is 8. The van der Waals surface area contributed by atoms with E-state index < -0.39 is 62.0 Å². The molecule has 0 N–H and O–H groups in total. The Balaban J connectivity index is 2.46. The average Bonchev–Trinajstić information content (AvgIpc) is 2.71. The average molecular weight is 355 g/mol. The van der Waals surface area contributed by atoms with Gasteiger partial charge in [-0.1, -0.05) is 6.07 Å². The minimum atomic E-state index is -3.55. The van der Waals surface area contributed by atoms with Gasteiger partial charge in [0.1, 0.15) is 15.4 Å². The molecule has 2 amide bonds. The summed E-state index contributed by atoms with van der Waals surface area (Å²) in [5.41, 5.74) is -1.45. The normalized spacial score (nSPS) is 15.3. The number of carbonyl (C=O) groups excluding carboxylic acids is 3. The highest BCUT2D eigenvalue weighted by atomic mass is 32.2. The van der Waals surface area contributed by atoms with Crippen molar-refractivity contribution in [3.63, 3.8) is 0 Å². The fraction of sp³-hybridized carbons (Fsp3) is 0.308. The van der Waals surface area contributed by atoms with Crippen LogP contribution in [0.15, 0.2) is 18.2 Å². The summed E-state index contributed by atoms with van der Waals surface area (Å²) in [6, 6.07) is 1.52. The Bertz CT molecular complexity index is 861. The fourth-order valence-corrected chi connectivity index (χ4v) is 3.05. The van der Waals surface area contributed by atoms with Gasteiger partial charge in [-0.25, -0.2) is 8.42 Å². The number of nitro groups is 1. The lowest BCUT2D eigenvalue weighted by atomic mass is 10.1. The fourth-order valence-electron chi connectivity index (χ4n) is 2.40. The third kappa shape index (κ3) is 3.11. The summed E-state index contributed by atoms with van der Waals surface area (Å²) in [7, 11) is -3.55. The summed E-state index contributed by atoms with van der Waals surface area (Å²) in [4.78, 5) is 46.4. The van der Waals surface area contributed by atoms with Crippen molar-refractivity contribution in [1.29, 1.82) is 0 Å². The van der Waals surface area contributed by atoms with Gasteiger partial charge >= 0.3 is 0 Å². The number of carbonyl (C=O) groups is 3. The maximum atomic E-state index is 12.4. The first kappa shape index (κ1) is 17.5. The van der Waals surface area contributed by atoms with Gasteiger partial charge < -0.3 is 9.90 Å². The molecule has 0 bridgehead atoms. The zero-order chi connectivity index (χ0) is 18.2. The first-order chi connectivity index (χ1) is 11.0. The van der Waals surface area contributed by atoms with E-state index in [1.54, 1.807) is 0 Å². The van der Waals surface area contributed by atoms with Gasteiger partial charge in [0.15, 0.2) is 0 Å². The number of benzene rings is 1. The number of fused-ring (bicyclic) bond motifs is 1. The molecule has 10 nitrogen and oxygen atoms in total. The van der Waals surface area contributed by atoms with E-state index in [9.17, 15) is 38.0 Å². The second-order valence-electron chi connectivity index (χ2n) is 5.19. The van der Waals surface area contributed by atoms with Gasteiger partial charge in [-0.15, -0.1) is 0 Å². The van der Waals surface area contributed by atoms with Crippen molar-refractivity contribution in [2.45, 2.75) is 12.5 Å². The maximum Gasteiger partial charge on any atom is 0.282 e. The lowest BCUT2D eigenvalue weighted by Gasteiger charge is -2.26. The topological polar surface area (TPSA) is 155 Å². The highest BCUT2D eigenvalue weighted by Crippen LogP contribution is 2.32. The summed E-state index contributed by atoms with van der Waals surface area (Å²) in [6.07, 6.45) is 0.299. The number of rotatable bonds is 6. The number of carboxylic acids is 1. The van der Waals surface area contributed by atoms with Gasteiger partial charge in [0.05, 0.1) is 28.3 Å². The highest BCUT2D eigenvalue weighted by Gasteiger charge is 2.44. The van der Waals surface area contributed by atoms with Gasteiger partial charge in [-0.2, -0.15) is 0 Å². The van der Waals surface area contributed by atoms with E-state index in [0.29, 0.717) is 4.90 Å². The van der Waals surface area contributed by atoms with Gasteiger partial charge in [0, 0.05) is 12.3 Å². The van der Waals surface area contributed by atoms with Gasteiger partial charge in [-0.3, -0.25) is 24.6 Å². The number of nitrogens with zero attached hydrogens (tertiary/aromatic N) is 2. The molecule has 11 heteroatoms. The Morgan fingerprint density at radius 2 is 1.92 bits per heavy atom. The molecule has 1 aromatic carbocycles. The summed E-state index contributed by atoms with van der Waals surface area (Å²) < 4.78 is 22.4. The summed E-state index contributed by atoms with van der Waals surface area (Å²) >= 11 is 0. The van der Waals surface area contributed by atoms with Crippen LogP contribution in [0.5, 0.6) is 0 Å². The van der Waals surface area contributed by atoms with Gasteiger partial charge in [-0.05, 0) is 12.5 Å². The van der Waals surface area contributed by atoms with E-state index in [4.69, 9.17) is 0 Å². The predicted molar refractivity (Wildman–Crippen MR) is 76.7 cm³/mol. The third-order valence-corrected chi connectivity index (χ3v) is 4.44. The number of aliphatic carboxylic acids is 1. The van der Waals surface area contributed by atoms with E-state index in [-0.39, 0.29) is 5.56 Å². The van der Waals surface area contributed by atoms with Crippen LogP contribution in [0.4, 0.5) is 5.69 Å². The van der Waals surface area contributed by atoms with E-state index in [1.807, 2.05) is 0 Å². The smallest absolute Gasteiger partial charge is 0.282 e. The SMILES string of the molecule is CS(=O)(=O)CC[C@@H](C(=O)[O-])N1C(=O)c2cccc([N+](=O)[O-])c2C1=O.